The van der Waals surface area contributed by atoms with Crippen molar-refractivity contribution in [2.45, 2.75) is 59.3 Å². The number of anilines is 1. The summed E-state index contributed by atoms with van der Waals surface area (Å²) in [7, 11) is 0. The van der Waals surface area contributed by atoms with Gasteiger partial charge in [0.05, 0.1) is 12.2 Å². The van der Waals surface area contributed by atoms with Crippen LogP contribution in [0.25, 0.3) is 0 Å². The van der Waals surface area contributed by atoms with Crippen molar-refractivity contribution < 1.29 is 4.74 Å². The Bertz CT molecular complexity index is 355. The van der Waals surface area contributed by atoms with E-state index in [2.05, 4.69) is 36.1 Å². The lowest BCUT2D eigenvalue weighted by Crippen LogP contribution is -2.08. The number of hydrogen-bond donors (Lipinski definition) is 1. The Kier molecular flexibility index (Phi) is 7.94. The van der Waals surface area contributed by atoms with Gasteiger partial charge in [-0.3, -0.25) is 0 Å². The van der Waals surface area contributed by atoms with E-state index in [-0.39, 0.29) is 0 Å². The smallest absolute Gasteiger partial charge is 0.221 e. The maximum atomic E-state index is 5.83. The first-order chi connectivity index (χ1) is 9.33. The fourth-order valence-corrected chi connectivity index (χ4v) is 2.01. The summed E-state index contributed by atoms with van der Waals surface area (Å²) in [4.78, 5) is 8.59. The molecule has 0 aromatic carbocycles. The maximum Gasteiger partial charge on any atom is 0.221 e. The first-order valence-corrected chi connectivity index (χ1v) is 7.53. The molecule has 19 heavy (non-hydrogen) atoms. The molecule has 0 saturated heterocycles. The SMILES string of the molecule is CCCCCCOc1ncnc(NCC)c1CCC. The lowest BCUT2D eigenvalue weighted by Gasteiger charge is -2.13. The third kappa shape index (κ3) is 5.45. The number of unbranched alkanes of at least 4 members (excludes halogenated alkanes) is 3. The predicted octanol–water partition coefficient (Wildman–Crippen LogP) is 3.82. The summed E-state index contributed by atoms with van der Waals surface area (Å²) < 4.78 is 5.83. The van der Waals surface area contributed by atoms with E-state index in [1.54, 1.807) is 6.33 Å². The minimum Gasteiger partial charge on any atom is -0.477 e. The van der Waals surface area contributed by atoms with Gasteiger partial charge in [-0.05, 0) is 19.8 Å². The number of nitrogens with one attached hydrogen (secondary N) is 1. The van der Waals surface area contributed by atoms with E-state index < -0.39 is 0 Å². The van der Waals surface area contributed by atoms with Crippen LogP contribution in [0.3, 0.4) is 0 Å². The molecule has 0 aliphatic heterocycles. The highest BCUT2D eigenvalue weighted by Gasteiger charge is 2.11. The van der Waals surface area contributed by atoms with Gasteiger partial charge in [-0.25, -0.2) is 9.97 Å². The lowest BCUT2D eigenvalue weighted by molar-refractivity contribution is 0.290. The molecule has 1 heterocycles. The molecule has 1 aromatic rings. The third-order valence-corrected chi connectivity index (χ3v) is 2.99. The highest BCUT2D eigenvalue weighted by molar-refractivity contribution is 5.48. The molecule has 0 saturated carbocycles. The number of aromatic nitrogens is 2. The Hall–Kier alpha value is -1.32. The fraction of sp³-hybridized carbons (Fsp3) is 0.733. The summed E-state index contributed by atoms with van der Waals surface area (Å²) in [6.45, 7) is 8.06. The van der Waals surface area contributed by atoms with Crippen molar-refractivity contribution in [3.05, 3.63) is 11.9 Å². The van der Waals surface area contributed by atoms with Gasteiger partial charge in [0.2, 0.25) is 5.88 Å². The Morgan fingerprint density at radius 2 is 1.89 bits per heavy atom. The van der Waals surface area contributed by atoms with Crippen LogP contribution < -0.4 is 10.1 Å². The molecule has 0 unspecified atom stereocenters. The second-order valence-electron chi connectivity index (χ2n) is 4.70. The van der Waals surface area contributed by atoms with Crippen LogP contribution in [-0.2, 0) is 6.42 Å². The molecule has 0 spiro atoms. The molecule has 0 aliphatic rings. The Morgan fingerprint density at radius 3 is 2.58 bits per heavy atom. The molecular weight excluding hydrogens is 238 g/mol. The van der Waals surface area contributed by atoms with Crippen molar-refractivity contribution in [1.29, 1.82) is 0 Å². The highest BCUT2D eigenvalue weighted by atomic mass is 16.5. The lowest BCUT2D eigenvalue weighted by atomic mass is 10.1. The van der Waals surface area contributed by atoms with Gasteiger partial charge in [0.25, 0.3) is 0 Å². The predicted molar refractivity (Wildman–Crippen MR) is 79.8 cm³/mol. The van der Waals surface area contributed by atoms with Crippen molar-refractivity contribution in [2.75, 3.05) is 18.5 Å². The van der Waals surface area contributed by atoms with Crippen LogP contribution in [0.15, 0.2) is 6.33 Å². The Morgan fingerprint density at radius 1 is 1.05 bits per heavy atom. The number of nitrogens with zero attached hydrogens (tertiary/aromatic N) is 2. The van der Waals surface area contributed by atoms with Gasteiger partial charge in [0.1, 0.15) is 12.1 Å². The molecule has 1 rings (SSSR count). The van der Waals surface area contributed by atoms with Gasteiger partial charge < -0.3 is 10.1 Å². The average Bonchev–Trinajstić information content (AvgIpc) is 2.42. The van der Waals surface area contributed by atoms with E-state index in [4.69, 9.17) is 4.74 Å². The molecule has 4 heteroatoms. The molecule has 0 radical (unpaired) electrons. The zero-order chi connectivity index (χ0) is 13.9. The van der Waals surface area contributed by atoms with E-state index in [0.717, 1.165) is 49.7 Å². The number of ether oxygens (including phenoxy) is 1. The second-order valence-corrected chi connectivity index (χ2v) is 4.70. The Labute approximate surface area is 117 Å². The fourth-order valence-electron chi connectivity index (χ4n) is 2.01. The van der Waals surface area contributed by atoms with Crippen molar-refractivity contribution in [2.24, 2.45) is 0 Å². The van der Waals surface area contributed by atoms with Crippen LogP contribution in [0.1, 0.15) is 58.4 Å². The largest absolute Gasteiger partial charge is 0.477 e. The van der Waals surface area contributed by atoms with Crippen molar-refractivity contribution in [3.63, 3.8) is 0 Å². The molecule has 1 N–H and O–H groups in total. The van der Waals surface area contributed by atoms with Crippen LogP contribution in [-0.4, -0.2) is 23.1 Å². The van der Waals surface area contributed by atoms with Crippen molar-refractivity contribution in [1.82, 2.24) is 9.97 Å². The van der Waals surface area contributed by atoms with E-state index in [1.165, 1.54) is 19.3 Å². The molecule has 108 valence electrons. The average molecular weight is 265 g/mol. The highest BCUT2D eigenvalue weighted by Crippen LogP contribution is 2.23. The number of hydrogen-bond acceptors (Lipinski definition) is 4. The van der Waals surface area contributed by atoms with Gasteiger partial charge in [-0.2, -0.15) is 0 Å². The third-order valence-electron chi connectivity index (χ3n) is 2.99. The zero-order valence-corrected chi connectivity index (χ0v) is 12.5. The molecule has 0 aliphatic carbocycles. The quantitative estimate of drug-likeness (QED) is 0.653. The van der Waals surface area contributed by atoms with Crippen molar-refractivity contribution >= 4 is 5.82 Å². The summed E-state index contributed by atoms with van der Waals surface area (Å²) in [5.41, 5.74) is 1.11. The van der Waals surface area contributed by atoms with Crippen LogP contribution >= 0.6 is 0 Å². The second kappa shape index (κ2) is 9.59. The summed E-state index contributed by atoms with van der Waals surface area (Å²) in [5.74, 6) is 1.67. The van der Waals surface area contributed by atoms with E-state index in [9.17, 15) is 0 Å². The molecule has 0 atom stereocenters. The monoisotopic (exact) mass is 265 g/mol. The minimum absolute atomic E-state index is 0.749. The summed E-state index contributed by atoms with van der Waals surface area (Å²) in [6.07, 6.45) is 8.45. The van der Waals surface area contributed by atoms with Crippen molar-refractivity contribution in [3.8, 4) is 5.88 Å². The van der Waals surface area contributed by atoms with Gasteiger partial charge in [-0.1, -0.05) is 39.5 Å². The topological polar surface area (TPSA) is 47.0 Å². The summed E-state index contributed by atoms with van der Waals surface area (Å²) in [5, 5.41) is 3.28. The molecule has 0 fully saturated rings. The Balaban J connectivity index is 2.61. The zero-order valence-electron chi connectivity index (χ0n) is 12.5. The molecular formula is C15H27N3O. The molecule has 0 bridgehead atoms. The van der Waals surface area contributed by atoms with Crippen LogP contribution in [0.2, 0.25) is 0 Å². The maximum absolute atomic E-state index is 5.83. The van der Waals surface area contributed by atoms with Crippen LogP contribution in [0.5, 0.6) is 5.88 Å². The van der Waals surface area contributed by atoms with E-state index in [1.807, 2.05) is 0 Å². The molecule has 4 nitrogen and oxygen atoms in total. The summed E-state index contributed by atoms with van der Waals surface area (Å²) in [6, 6.07) is 0. The minimum atomic E-state index is 0.749. The molecule has 1 aromatic heterocycles. The van der Waals surface area contributed by atoms with Gasteiger partial charge in [0, 0.05) is 6.54 Å². The van der Waals surface area contributed by atoms with Crippen LogP contribution in [0, 0.1) is 0 Å². The van der Waals surface area contributed by atoms with E-state index >= 15 is 0 Å². The summed E-state index contributed by atoms with van der Waals surface area (Å²) >= 11 is 0. The van der Waals surface area contributed by atoms with E-state index in [0.29, 0.717) is 0 Å². The first-order valence-electron chi connectivity index (χ1n) is 7.53. The van der Waals surface area contributed by atoms with Gasteiger partial charge >= 0.3 is 0 Å². The number of rotatable bonds is 10. The van der Waals surface area contributed by atoms with Crippen LogP contribution in [0.4, 0.5) is 5.82 Å². The standard InChI is InChI=1S/C15H27N3O/c1-4-7-8-9-11-19-15-13(10-5-2)14(16-6-3)17-12-18-15/h12H,4-11H2,1-3H3,(H,16,17,18). The first kappa shape index (κ1) is 15.7. The van der Waals surface area contributed by atoms with Gasteiger partial charge in [-0.15, -0.1) is 0 Å². The normalized spacial score (nSPS) is 10.5. The molecule has 0 amide bonds. The van der Waals surface area contributed by atoms with Gasteiger partial charge in [0.15, 0.2) is 0 Å².